The molecule has 0 radical (unpaired) electrons. The van der Waals surface area contributed by atoms with Crippen LogP contribution in [0.2, 0.25) is 0 Å². The molecule has 0 spiro atoms. The molecule has 0 aromatic carbocycles. The van der Waals surface area contributed by atoms with Crippen LogP contribution in [0.5, 0.6) is 0 Å². The Labute approximate surface area is 168 Å². The number of hydrogen-bond acceptors (Lipinski definition) is 4. The lowest BCUT2D eigenvalue weighted by Gasteiger charge is -2.41. The lowest BCUT2D eigenvalue weighted by molar-refractivity contribution is 0.0881. The summed E-state index contributed by atoms with van der Waals surface area (Å²) in [7, 11) is 0. The maximum absolute atomic E-state index is 5.65. The minimum absolute atomic E-state index is 0.297. The Morgan fingerprint density at radius 1 is 1.23 bits per heavy atom. The van der Waals surface area contributed by atoms with Crippen molar-refractivity contribution in [2.24, 2.45) is 0 Å². The van der Waals surface area contributed by atoms with Crippen molar-refractivity contribution in [3.63, 3.8) is 0 Å². The van der Waals surface area contributed by atoms with Gasteiger partial charge in [0.05, 0.1) is 6.04 Å². The first-order chi connectivity index (χ1) is 12.7. The first-order valence-corrected chi connectivity index (χ1v) is 11.5. The molecule has 4 nitrogen and oxygen atoms in total. The highest BCUT2D eigenvalue weighted by atomic mass is 32.1. The van der Waals surface area contributed by atoms with Crippen LogP contribution in [0.3, 0.4) is 0 Å². The van der Waals surface area contributed by atoms with Gasteiger partial charge in [-0.25, -0.2) is 0 Å². The third-order valence-electron chi connectivity index (χ3n) is 5.85. The fourth-order valence-electron chi connectivity index (χ4n) is 4.32. The first kappa shape index (κ1) is 20.1. The Hall–Kier alpha value is -0.690. The van der Waals surface area contributed by atoms with Crippen LogP contribution < -0.4 is 10.6 Å². The molecule has 0 amide bonds. The van der Waals surface area contributed by atoms with Gasteiger partial charge in [0.2, 0.25) is 0 Å². The standard InChI is InChI=1S/C20H34N4S2/c1-3-23-11-13-24(14-12-23)19(18-10-7-15-26-18)16(2)21-20(25)22-17-8-5-4-6-9-17/h7,10,15-17,19H,3-6,8-9,11-14H2,1-2H3,(H2,21,22,25)/t16-,19-/m1/s1. The van der Waals surface area contributed by atoms with Gasteiger partial charge in [-0.15, -0.1) is 11.3 Å². The maximum atomic E-state index is 5.65. The van der Waals surface area contributed by atoms with Crippen LogP contribution in [0.1, 0.15) is 56.9 Å². The van der Waals surface area contributed by atoms with E-state index in [0.717, 1.165) is 37.8 Å². The summed E-state index contributed by atoms with van der Waals surface area (Å²) in [5, 5.41) is 10.2. The molecule has 3 rings (SSSR count). The predicted octanol–water partition coefficient (Wildman–Crippen LogP) is 3.61. The molecule has 1 aliphatic carbocycles. The van der Waals surface area contributed by atoms with Crippen LogP contribution in [0.25, 0.3) is 0 Å². The van der Waals surface area contributed by atoms with Crippen molar-refractivity contribution in [3.8, 4) is 0 Å². The monoisotopic (exact) mass is 394 g/mol. The van der Waals surface area contributed by atoms with Crippen molar-refractivity contribution in [2.75, 3.05) is 32.7 Å². The van der Waals surface area contributed by atoms with Crippen molar-refractivity contribution in [1.82, 2.24) is 20.4 Å². The van der Waals surface area contributed by atoms with Gasteiger partial charge >= 0.3 is 0 Å². The normalized spacial score (nSPS) is 22.7. The average Bonchev–Trinajstić information content (AvgIpc) is 3.17. The highest BCUT2D eigenvalue weighted by Crippen LogP contribution is 2.29. The Bertz CT molecular complexity index is 534. The SMILES string of the molecule is CCN1CCN([C@@H](c2cccs2)[C@@H](C)NC(=S)NC2CCCCC2)CC1. The Kier molecular flexibility index (Phi) is 7.73. The van der Waals surface area contributed by atoms with Gasteiger partial charge in [0.25, 0.3) is 0 Å². The van der Waals surface area contributed by atoms with Crippen LogP contribution in [0.15, 0.2) is 17.5 Å². The second-order valence-electron chi connectivity index (χ2n) is 7.67. The fraction of sp³-hybridized carbons (Fsp3) is 0.750. The molecule has 2 fully saturated rings. The minimum Gasteiger partial charge on any atom is -0.360 e. The van der Waals surface area contributed by atoms with Crippen LogP contribution in [-0.2, 0) is 0 Å². The molecule has 0 bridgehead atoms. The van der Waals surface area contributed by atoms with E-state index in [2.05, 4.69) is 51.8 Å². The largest absolute Gasteiger partial charge is 0.360 e. The topological polar surface area (TPSA) is 30.5 Å². The second kappa shape index (κ2) is 10.0. The van der Waals surface area contributed by atoms with E-state index in [4.69, 9.17) is 12.2 Å². The van der Waals surface area contributed by atoms with Gasteiger partial charge in [-0.05, 0) is 50.0 Å². The second-order valence-corrected chi connectivity index (χ2v) is 9.06. The van der Waals surface area contributed by atoms with Crippen LogP contribution in [0, 0.1) is 0 Å². The van der Waals surface area contributed by atoms with Crippen LogP contribution in [-0.4, -0.2) is 59.7 Å². The van der Waals surface area contributed by atoms with E-state index in [1.54, 1.807) is 0 Å². The third-order valence-corrected chi connectivity index (χ3v) is 7.03. The van der Waals surface area contributed by atoms with Gasteiger partial charge in [-0.1, -0.05) is 32.3 Å². The highest BCUT2D eigenvalue weighted by molar-refractivity contribution is 7.80. The summed E-state index contributed by atoms with van der Waals surface area (Å²) < 4.78 is 0. The smallest absolute Gasteiger partial charge is 0.166 e. The summed E-state index contributed by atoms with van der Waals surface area (Å²) in [5.41, 5.74) is 0. The van der Waals surface area contributed by atoms with Crippen molar-refractivity contribution in [1.29, 1.82) is 0 Å². The van der Waals surface area contributed by atoms with E-state index in [1.165, 1.54) is 37.0 Å². The zero-order valence-corrected chi connectivity index (χ0v) is 17.9. The molecule has 2 atom stereocenters. The van der Waals surface area contributed by atoms with Crippen molar-refractivity contribution in [3.05, 3.63) is 22.4 Å². The van der Waals surface area contributed by atoms with E-state index < -0.39 is 0 Å². The molecule has 2 aliphatic rings. The lowest BCUT2D eigenvalue weighted by Crippen LogP contribution is -2.54. The lowest BCUT2D eigenvalue weighted by atomic mass is 9.96. The molecule has 0 unspecified atom stereocenters. The van der Waals surface area contributed by atoms with Gasteiger partial charge in [0.1, 0.15) is 0 Å². The number of nitrogens with one attached hydrogen (secondary N) is 2. The van der Waals surface area contributed by atoms with Gasteiger partial charge in [0.15, 0.2) is 5.11 Å². The first-order valence-electron chi connectivity index (χ1n) is 10.2. The Morgan fingerprint density at radius 3 is 2.58 bits per heavy atom. The van der Waals surface area contributed by atoms with Crippen molar-refractivity contribution >= 4 is 28.7 Å². The van der Waals surface area contributed by atoms with E-state index in [9.17, 15) is 0 Å². The van der Waals surface area contributed by atoms with Gasteiger partial charge < -0.3 is 15.5 Å². The zero-order valence-electron chi connectivity index (χ0n) is 16.2. The summed E-state index contributed by atoms with van der Waals surface area (Å²) in [4.78, 5) is 6.62. The molecule has 2 heterocycles. The number of piperazine rings is 1. The number of thiocarbonyl (C=S) groups is 1. The highest BCUT2D eigenvalue weighted by Gasteiger charge is 2.30. The number of rotatable bonds is 6. The molecule has 1 saturated heterocycles. The summed E-state index contributed by atoms with van der Waals surface area (Å²) in [6, 6.07) is 5.69. The Balaban J connectivity index is 1.60. The summed E-state index contributed by atoms with van der Waals surface area (Å²) >= 11 is 7.52. The summed E-state index contributed by atoms with van der Waals surface area (Å²) in [5.74, 6) is 0. The molecule has 1 saturated carbocycles. The fourth-order valence-corrected chi connectivity index (χ4v) is 5.64. The van der Waals surface area contributed by atoms with E-state index in [1.807, 2.05) is 11.3 Å². The number of likely N-dealkylation sites (N-methyl/N-ethyl adjacent to an activating group) is 1. The summed E-state index contributed by atoms with van der Waals surface area (Å²) in [6.07, 6.45) is 6.54. The number of thiophene rings is 1. The molecular weight excluding hydrogens is 360 g/mol. The zero-order chi connectivity index (χ0) is 18.4. The molecule has 6 heteroatoms. The number of hydrogen-bond donors (Lipinski definition) is 2. The molecule has 1 aliphatic heterocycles. The third kappa shape index (κ3) is 5.41. The van der Waals surface area contributed by atoms with E-state index >= 15 is 0 Å². The van der Waals surface area contributed by atoms with E-state index in [-0.39, 0.29) is 0 Å². The van der Waals surface area contributed by atoms with Gasteiger partial charge in [0, 0.05) is 43.1 Å². The molecular formula is C20H34N4S2. The maximum Gasteiger partial charge on any atom is 0.166 e. The van der Waals surface area contributed by atoms with Crippen molar-refractivity contribution in [2.45, 2.75) is 64.1 Å². The average molecular weight is 395 g/mol. The molecule has 1 aromatic heterocycles. The minimum atomic E-state index is 0.297. The van der Waals surface area contributed by atoms with E-state index in [0.29, 0.717) is 18.1 Å². The van der Waals surface area contributed by atoms with Crippen LogP contribution in [0.4, 0.5) is 0 Å². The van der Waals surface area contributed by atoms with Gasteiger partial charge in [-0.3, -0.25) is 4.90 Å². The number of nitrogens with zero attached hydrogens (tertiary/aromatic N) is 2. The predicted molar refractivity (Wildman–Crippen MR) is 116 cm³/mol. The molecule has 146 valence electrons. The van der Waals surface area contributed by atoms with Crippen molar-refractivity contribution < 1.29 is 0 Å². The molecule has 1 aromatic rings. The summed E-state index contributed by atoms with van der Waals surface area (Å²) in [6.45, 7) is 10.3. The van der Waals surface area contributed by atoms with Crippen LogP contribution >= 0.6 is 23.6 Å². The Morgan fingerprint density at radius 2 is 1.96 bits per heavy atom. The molecule has 26 heavy (non-hydrogen) atoms. The van der Waals surface area contributed by atoms with Gasteiger partial charge in [-0.2, -0.15) is 0 Å². The quantitative estimate of drug-likeness (QED) is 0.720. The molecule has 2 N–H and O–H groups in total.